The molecule has 1 aliphatic carbocycles. The van der Waals surface area contributed by atoms with E-state index in [0.717, 1.165) is 22.3 Å². The summed E-state index contributed by atoms with van der Waals surface area (Å²) in [7, 11) is 0. The van der Waals surface area contributed by atoms with E-state index in [-0.39, 0.29) is 6.61 Å². The standard InChI is InChI=1S/C15H20O2/c1-8-7-13-10(3)12(5-6-16)11(4)15(17)14(13)9(8)2/h7,9,16-17H,5-6H2,1-4H3. The Balaban J connectivity index is 2.71. The minimum atomic E-state index is 0.123. The molecule has 1 aliphatic rings. The quantitative estimate of drug-likeness (QED) is 0.822. The molecule has 0 spiro atoms. The number of aliphatic hydroxyl groups is 1. The highest BCUT2D eigenvalue weighted by Crippen LogP contribution is 2.45. The number of aromatic hydroxyl groups is 1. The van der Waals surface area contributed by atoms with Gasteiger partial charge in [-0.1, -0.05) is 18.6 Å². The molecule has 2 rings (SSSR count). The van der Waals surface area contributed by atoms with Crippen molar-refractivity contribution >= 4 is 6.08 Å². The lowest BCUT2D eigenvalue weighted by Crippen LogP contribution is -2.03. The summed E-state index contributed by atoms with van der Waals surface area (Å²) in [5.41, 5.74) is 6.71. The third-order valence-corrected chi connectivity index (χ3v) is 4.06. The van der Waals surface area contributed by atoms with Gasteiger partial charge in [0.25, 0.3) is 0 Å². The monoisotopic (exact) mass is 232 g/mol. The molecule has 2 nitrogen and oxygen atoms in total. The highest BCUT2D eigenvalue weighted by molar-refractivity contribution is 5.74. The summed E-state index contributed by atoms with van der Waals surface area (Å²) in [6.07, 6.45) is 2.77. The van der Waals surface area contributed by atoms with Crippen molar-refractivity contribution in [2.75, 3.05) is 6.61 Å². The maximum absolute atomic E-state index is 10.3. The first-order chi connectivity index (χ1) is 7.99. The average Bonchev–Trinajstić information content (AvgIpc) is 2.59. The third kappa shape index (κ3) is 1.67. The number of phenols is 1. The van der Waals surface area contributed by atoms with Crippen LogP contribution in [0.3, 0.4) is 0 Å². The van der Waals surface area contributed by atoms with Crippen molar-refractivity contribution in [2.24, 2.45) is 0 Å². The van der Waals surface area contributed by atoms with Crippen LogP contribution < -0.4 is 0 Å². The Labute approximate surface area is 103 Å². The molecule has 0 aromatic heterocycles. The fourth-order valence-electron chi connectivity index (χ4n) is 2.81. The molecule has 1 aromatic carbocycles. The number of phenolic OH excluding ortho intramolecular Hbond substituents is 1. The van der Waals surface area contributed by atoms with Crippen LogP contribution in [0.4, 0.5) is 0 Å². The van der Waals surface area contributed by atoms with E-state index in [9.17, 15) is 5.11 Å². The number of fused-ring (bicyclic) bond motifs is 1. The zero-order chi connectivity index (χ0) is 12.7. The van der Waals surface area contributed by atoms with Crippen molar-refractivity contribution < 1.29 is 10.2 Å². The van der Waals surface area contributed by atoms with Crippen molar-refractivity contribution in [3.05, 3.63) is 33.4 Å². The molecule has 0 fully saturated rings. The van der Waals surface area contributed by atoms with E-state index in [2.05, 4.69) is 26.8 Å². The fraction of sp³-hybridized carbons (Fsp3) is 0.467. The van der Waals surface area contributed by atoms with E-state index in [0.29, 0.717) is 18.1 Å². The van der Waals surface area contributed by atoms with Crippen LogP contribution in [0.25, 0.3) is 6.08 Å². The van der Waals surface area contributed by atoms with Gasteiger partial charge >= 0.3 is 0 Å². The molecule has 1 unspecified atom stereocenters. The lowest BCUT2D eigenvalue weighted by molar-refractivity contribution is 0.299. The Bertz CT molecular complexity index is 498. The summed E-state index contributed by atoms with van der Waals surface area (Å²) in [4.78, 5) is 0. The van der Waals surface area contributed by atoms with Gasteiger partial charge in [0.15, 0.2) is 0 Å². The largest absolute Gasteiger partial charge is 0.507 e. The summed E-state index contributed by atoms with van der Waals surface area (Å²) in [6.45, 7) is 8.37. The van der Waals surface area contributed by atoms with Crippen LogP contribution in [-0.4, -0.2) is 16.8 Å². The summed E-state index contributed by atoms with van der Waals surface area (Å²) in [5, 5.41) is 19.4. The van der Waals surface area contributed by atoms with E-state index in [1.54, 1.807) is 0 Å². The molecule has 92 valence electrons. The zero-order valence-corrected chi connectivity index (χ0v) is 11.0. The fourth-order valence-corrected chi connectivity index (χ4v) is 2.81. The summed E-state index contributed by atoms with van der Waals surface area (Å²) >= 11 is 0. The second kappa shape index (κ2) is 4.19. The zero-order valence-electron chi connectivity index (χ0n) is 11.0. The van der Waals surface area contributed by atoms with E-state index < -0.39 is 0 Å². The number of benzene rings is 1. The Morgan fingerprint density at radius 1 is 1.18 bits per heavy atom. The van der Waals surface area contributed by atoms with Crippen LogP contribution in [0.1, 0.15) is 47.6 Å². The molecule has 0 amide bonds. The van der Waals surface area contributed by atoms with Crippen LogP contribution in [0.5, 0.6) is 5.75 Å². The van der Waals surface area contributed by atoms with Crippen LogP contribution in [0.2, 0.25) is 0 Å². The first-order valence-electron chi connectivity index (χ1n) is 6.13. The van der Waals surface area contributed by atoms with Crippen molar-refractivity contribution in [3.63, 3.8) is 0 Å². The average molecular weight is 232 g/mol. The van der Waals surface area contributed by atoms with Crippen molar-refractivity contribution in [1.82, 2.24) is 0 Å². The highest BCUT2D eigenvalue weighted by Gasteiger charge is 2.26. The lowest BCUT2D eigenvalue weighted by Gasteiger charge is -2.18. The smallest absolute Gasteiger partial charge is 0.123 e. The van der Waals surface area contributed by atoms with Crippen LogP contribution in [-0.2, 0) is 6.42 Å². The Kier molecular flexibility index (Phi) is 3.00. The summed E-state index contributed by atoms with van der Waals surface area (Å²) in [6, 6.07) is 0. The molecule has 1 aromatic rings. The van der Waals surface area contributed by atoms with Gasteiger partial charge in [-0.2, -0.15) is 0 Å². The first kappa shape index (κ1) is 12.2. The number of hydrogen-bond acceptors (Lipinski definition) is 2. The molecule has 0 heterocycles. The minimum Gasteiger partial charge on any atom is -0.507 e. The number of rotatable bonds is 2. The van der Waals surface area contributed by atoms with E-state index in [4.69, 9.17) is 5.11 Å². The predicted octanol–water partition coefficient (Wildman–Crippen LogP) is 3.06. The molecular formula is C15H20O2. The molecule has 0 aliphatic heterocycles. The van der Waals surface area contributed by atoms with Crippen molar-refractivity contribution in [1.29, 1.82) is 0 Å². The van der Waals surface area contributed by atoms with E-state index in [1.165, 1.54) is 11.1 Å². The molecule has 2 N–H and O–H groups in total. The van der Waals surface area contributed by atoms with Gasteiger partial charge in [0, 0.05) is 18.1 Å². The lowest BCUT2D eigenvalue weighted by atomic mass is 9.88. The van der Waals surface area contributed by atoms with Gasteiger partial charge in [0.2, 0.25) is 0 Å². The topological polar surface area (TPSA) is 40.5 Å². The van der Waals surface area contributed by atoms with Crippen molar-refractivity contribution in [3.8, 4) is 5.75 Å². The van der Waals surface area contributed by atoms with E-state index in [1.807, 2.05) is 6.92 Å². The Morgan fingerprint density at radius 2 is 1.82 bits per heavy atom. The second-order valence-electron chi connectivity index (χ2n) is 4.99. The van der Waals surface area contributed by atoms with Gasteiger partial charge in [-0.3, -0.25) is 0 Å². The molecule has 2 heteroatoms. The van der Waals surface area contributed by atoms with Gasteiger partial charge in [0.1, 0.15) is 5.75 Å². The molecule has 17 heavy (non-hydrogen) atoms. The van der Waals surface area contributed by atoms with Gasteiger partial charge in [-0.25, -0.2) is 0 Å². The van der Waals surface area contributed by atoms with Gasteiger partial charge in [0.05, 0.1) is 0 Å². The highest BCUT2D eigenvalue weighted by atomic mass is 16.3. The Hall–Kier alpha value is -1.28. The molecule has 0 saturated heterocycles. The molecule has 0 radical (unpaired) electrons. The summed E-state index contributed by atoms with van der Waals surface area (Å²) < 4.78 is 0. The number of aliphatic hydroxyl groups excluding tert-OH is 1. The normalized spacial score (nSPS) is 18.2. The minimum absolute atomic E-state index is 0.123. The number of allylic oxidation sites excluding steroid dienone is 1. The third-order valence-electron chi connectivity index (χ3n) is 4.06. The molecule has 0 saturated carbocycles. The number of hydrogen-bond donors (Lipinski definition) is 2. The van der Waals surface area contributed by atoms with Gasteiger partial charge < -0.3 is 10.2 Å². The first-order valence-corrected chi connectivity index (χ1v) is 6.13. The maximum atomic E-state index is 10.3. The van der Waals surface area contributed by atoms with Crippen LogP contribution in [0.15, 0.2) is 5.57 Å². The van der Waals surface area contributed by atoms with E-state index >= 15 is 0 Å². The van der Waals surface area contributed by atoms with Crippen molar-refractivity contribution in [2.45, 2.75) is 40.0 Å². The molecular weight excluding hydrogens is 212 g/mol. The maximum Gasteiger partial charge on any atom is 0.123 e. The van der Waals surface area contributed by atoms with Gasteiger partial charge in [-0.15, -0.1) is 0 Å². The summed E-state index contributed by atoms with van der Waals surface area (Å²) in [5.74, 6) is 0.709. The second-order valence-corrected chi connectivity index (χ2v) is 4.99. The predicted molar refractivity (Wildman–Crippen MR) is 70.4 cm³/mol. The molecule has 0 bridgehead atoms. The SMILES string of the molecule is CC1=Cc2c(C)c(CCO)c(C)c(O)c2C1C. The van der Waals surface area contributed by atoms with Crippen LogP contribution >= 0.6 is 0 Å². The Morgan fingerprint density at radius 3 is 2.41 bits per heavy atom. The van der Waals surface area contributed by atoms with Gasteiger partial charge in [-0.05, 0) is 49.4 Å². The van der Waals surface area contributed by atoms with Crippen LogP contribution in [0, 0.1) is 13.8 Å². The molecule has 1 atom stereocenters.